The van der Waals surface area contributed by atoms with Crippen LogP contribution in [0.2, 0.25) is 0 Å². The monoisotopic (exact) mass is 374 g/mol. The summed E-state index contributed by atoms with van der Waals surface area (Å²) in [6.45, 7) is 0. The van der Waals surface area contributed by atoms with Gasteiger partial charge in [-0.2, -0.15) is 0 Å². The molecule has 0 N–H and O–H groups in total. The summed E-state index contributed by atoms with van der Waals surface area (Å²) >= 11 is 0. The maximum atomic E-state index is 13.0. The molecule has 7 heteroatoms. The number of carbonyl (C=O) groups excluding carboxylic acids is 2. The highest BCUT2D eigenvalue weighted by Gasteiger charge is 2.42. The van der Waals surface area contributed by atoms with Gasteiger partial charge < -0.3 is 4.74 Å². The second kappa shape index (κ2) is 6.62. The number of ether oxygens (including phenoxy) is 1. The molecule has 0 atom stereocenters. The van der Waals surface area contributed by atoms with Gasteiger partial charge in [-0.1, -0.05) is 42.5 Å². The zero-order chi connectivity index (χ0) is 19.8. The minimum Gasteiger partial charge on any atom is -0.495 e. The van der Waals surface area contributed by atoms with Crippen LogP contribution in [0.1, 0.15) is 20.7 Å². The number of benzene rings is 3. The van der Waals surface area contributed by atoms with E-state index >= 15 is 0 Å². The zero-order valence-corrected chi connectivity index (χ0v) is 14.8. The second-order valence-electron chi connectivity index (χ2n) is 6.16. The van der Waals surface area contributed by atoms with E-state index in [-0.39, 0.29) is 16.8 Å². The van der Waals surface area contributed by atoms with Crippen LogP contribution in [0, 0.1) is 10.1 Å². The van der Waals surface area contributed by atoms with Crippen LogP contribution in [0.5, 0.6) is 5.75 Å². The maximum absolute atomic E-state index is 13.0. The van der Waals surface area contributed by atoms with Gasteiger partial charge in [0.25, 0.3) is 17.5 Å². The molecule has 3 aromatic rings. The molecule has 4 rings (SSSR count). The van der Waals surface area contributed by atoms with Gasteiger partial charge in [0, 0.05) is 6.07 Å². The summed E-state index contributed by atoms with van der Waals surface area (Å²) in [6.07, 6.45) is 0. The summed E-state index contributed by atoms with van der Waals surface area (Å²) < 4.78 is 5.34. The lowest BCUT2D eigenvalue weighted by atomic mass is 10.0. The summed E-state index contributed by atoms with van der Waals surface area (Å²) in [5, 5.41) is 11.3. The molecule has 3 aromatic carbocycles. The van der Waals surface area contributed by atoms with Gasteiger partial charge in [-0.05, 0) is 29.3 Å². The van der Waals surface area contributed by atoms with Crippen LogP contribution in [0.3, 0.4) is 0 Å². The number of carbonyl (C=O) groups is 2. The fourth-order valence-electron chi connectivity index (χ4n) is 3.31. The average molecular weight is 374 g/mol. The molecule has 1 aliphatic rings. The molecule has 2 amide bonds. The minimum atomic E-state index is -0.740. The molecule has 0 aromatic heterocycles. The summed E-state index contributed by atoms with van der Waals surface area (Å²) in [5.41, 5.74) is 1.33. The van der Waals surface area contributed by atoms with Crippen molar-refractivity contribution in [2.24, 2.45) is 0 Å². The van der Waals surface area contributed by atoms with Crippen molar-refractivity contribution in [3.63, 3.8) is 0 Å². The topological polar surface area (TPSA) is 89.8 Å². The van der Waals surface area contributed by atoms with E-state index in [4.69, 9.17) is 4.74 Å². The Morgan fingerprint density at radius 3 is 2.32 bits per heavy atom. The van der Waals surface area contributed by atoms with Crippen LogP contribution in [0.4, 0.5) is 11.4 Å². The SMILES string of the molecule is COc1ccc(-c2ccccc2)cc1N1C(=O)c2cccc([N+](=O)[O-])c2C1=O. The fourth-order valence-corrected chi connectivity index (χ4v) is 3.31. The van der Waals surface area contributed by atoms with Crippen LogP contribution in [0.15, 0.2) is 66.7 Å². The van der Waals surface area contributed by atoms with Gasteiger partial charge in [0.15, 0.2) is 0 Å². The summed E-state index contributed by atoms with van der Waals surface area (Å²) in [4.78, 5) is 37.5. The highest BCUT2D eigenvalue weighted by Crippen LogP contribution is 2.39. The number of rotatable bonds is 4. The number of nitro benzene ring substituents is 1. The van der Waals surface area contributed by atoms with Crippen molar-refractivity contribution in [2.45, 2.75) is 0 Å². The number of hydrogen-bond acceptors (Lipinski definition) is 5. The van der Waals surface area contributed by atoms with E-state index < -0.39 is 22.4 Å². The van der Waals surface area contributed by atoms with Crippen LogP contribution in [0.25, 0.3) is 11.1 Å². The molecule has 0 aliphatic carbocycles. The Kier molecular flexibility index (Phi) is 4.12. The molecule has 0 bridgehead atoms. The number of methoxy groups -OCH3 is 1. The summed E-state index contributed by atoms with van der Waals surface area (Å²) in [6, 6.07) is 18.6. The molecule has 1 aliphatic heterocycles. The van der Waals surface area contributed by atoms with Crippen LogP contribution in [-0.4, -0.2) is 23.8 Å². The molecule has 0 fully saturated rings. The lowest BCUT2D eigenvalue weighted by Gasteiger charge is -2.18. The Morgan fingerprint density at radius 1 is 0.893 bits per heavy atom. The first kappa shape index (κ1) is 17.4. The molecule has 0 radical (unpaired) electrons. The first-order valence-electron chi connectivity index (χ1n) is 8.42. The number of amides is 2. The van der Waals surface area contributed by atoms with E-state index in [2.05, 4.69) is 0 Å². The number of nitro groups is 1. The van der Waals surface area contributed by atoms with Gasteiger partial charge in [-0.25, -0.2) is 4.90 Å². The van der Waals surface area contributed by atoms with E-state index in [1.165, 1.54) is 25.3 Å². The number of nitrogens with zero attached hydrogens (tertiary/aromatic N) is 2. The van der Waals surface area contributed by atoms with Crippen LogP contribution in [-0.2, 0) is 0 Å². The third kappa shape index (κ3) is 2.61. The lowest BCUT2D eigenvalue weighted by Crippen LogP contribution is -2.30. The third-order valence-electron chi connectivity index (χ3n) is 4.62. The maximum Gasteiger partial charge on any atom is 0.283 e. The predicted molar refractivity (Wildman–Crippen MR) is 103 cm³/mol. The van der Waals surface area contributed by atoms with Crippen molar-refractivity contribution in [1.82, 2.24) is 0 Å². The van der Waals surface area contributed by atoms with Gasteiger partial charge >= 0.3 is 0 Å². The Hall–Kier alpha value is -4.00. The largest absolute Gasteiger partial charge is 0.495 e. The molecular formula is C21H14N2O5. The van der Waals surface area contributed by atoms with Crippen LogP contribution >= 0.6 is 0 Å². The predicted octanol–water partition coefficient (Wildman–Crippen LogP) is 4.07. The number of fused-ring (bicyclic) bond motifs is 1. The van der Waals surface area contributed by atoms with Gasteiger partial charge in [0.05, 0.1) is 23.3 Å². The zero-order valence-electron chi connectivity index (χ0n) is 14.8. The third-order valence-corrected chi connectivity index (χ3v) is 4.62. The summed E-state index contributed by atoms with van der Waals surface area (Å²) in [7, 11) is 1.43. The molecule has 28 heavy (non-hydrogen) atoms. The van der Waals surface area contributed by atoms with Gasteiger partial charge in [0.2, 0.25) is 0 Å². The Labute approximate surface area is 159 Å². The quantitative estimate of drug-likeness (QED) is 0.390. The second-order valence-corrected chi connectivity index (χ2v) is 6.16. The molecule has 7 nitrogen and oxygen atoms in total. The van der Waals surface area contributed by atoms with E-state index in [9.17, 15) is 19.7 Å². The molecule has 0 spiro atoms. The Balaban J connectivity index is 1.88. The normalized spacial score (nSPS) is 12.8. The first-order valence-corrected chi connectivity index (χ1v) is 8.42. The highest BCUT2D eigenvalue weighted by atomic mass is 16.6. The van der Waals surface area contributed by atoms with Gasteiger partial charge in [-0.3, -0.25) is 19.7 Å². The minimum absolute atomic E-state index is 0.00590. The molecule has 1 heterocycles. The van der Waals surface area contributed by atoms with E-state index in [1.807, 2.05) is 36.4 Å². The Bertz CT molecular complexity index is 1120. The van der Waals surface area contributed by atoms with Gasteiger partial charge in [0.1, 0.15) is 11.3 Å². The van der Waals surface area contributed by atoms with Crippen molar-refractivity contribution in [1.29, 1.82) is 0 Å². The van der Waals surface area contributed by atoms with Crippen molar-refractivity contribution < 1.29 is 19.2 Å². The Morgan fingerprint density at radius 2 is 1.64 bits per heavy atom. The smallest absolute Gasteiger partial charge is 0.283 e. The molecule has 0 unspecified atom stereocenters. The van der Waals surface area contributed by atoms with Crippen molar-refractivity contribution >= 4 is 23.2 Å². The van der Waals surface area contributed by atoms with E-state index in [0.717, 1.165) is 16.0 Å². The molecule has 0 saturated carbocycles. The van der Waals surface area contributed by atoms with Crippen molar-refractivity contribution in [3.05, 3.63) is 88.0 Å². The molecule has 138 valence electrons. The first-order chi connectivity index (χ1) is 13.5. The van der Waals surface area contributed by atoms with Crippen molar-refractivity contribution in [3.8, 4) is 16.9 Å². The number of anilines is 1. The fraction of sp³-hybridized carbons (Fsp3) is 0.0476. The number of hydrogen-bond donors (Lipinski definition) is 0. The summed E-state index contributed by atoms with van der Waals surface area (Å²) in [5.74, 6) is -1.04. The average Bonchev–Trinajstić information content (AvgIpc) is 2.98. The molecular weight excluding hydrogens is 360 g/mol. The number of imide groups is 1. The molecule has 0 saturated heterocycles. The van der Waals surface area contributed by atoms with Crippen LogP contribution < -0.4 is 9.64 Å². The van der Waals surface area contributed by atoms with Crippen molar-refractivity contribution in [2.75, 3.05) is 12.0 Å². The van der Waals surface area contributed by atoms with E-state index in [0.29, 0.717) is 5.75 Å². The standard InChI is InChI=1S/C21H14N2O5/c1-28-18-11-10-14(13-6-3-2-4-7-13)12-17(18)22-20(24)15-8-5-9-16(23(26)27)19(15)21(22)25/h2-12H,1H3. The highest BCUT2D eigenvalue weighted by molar-refractivity contribution is 6.36. The lowest BCUT2D eigenvalue weighted by molar-refractivity contribution is -0.385. The van der Waals surface area contributed by atoms with E-state index in [1.54, 1.807) is 12.1 Å². The van der Waals surface area contributed by atoms with Gasteiger partial charge in [-0.15, -0.1) is 0 Å².